The van der Waals surface area contributed by atoms with Crippen LogP contribution in [0.2, 0.25) is 0 Å². The van der Waals surface area contributed by atoms with Crippen LogP contribution in [0.15, 0.2) is 54.6 Å². The summed E-state index contributed by atoms with van der Waals surface area (Å²) in [6.07, 6.45) is 0.344. The van der Waals surface area contributed by atoms with Gasteiger partial charge in [0.15, 0.2) is 11.5 Å². The number of para-hydroxylation sites is 2. The molecule has 1 saturated heterocycles. The van der Waals surface area contributed by atoms with E-state index in [4.69, 9.17) is 14.2 Å². The normalized spacial score (nSPS) is 21.4. The highest BCUT2D eigenvalue weighted by atomic mass is 16.5. The maximum atomic E-state index is 6.10. The highest BCUT2D eigenvalue weighted by molar-refractivity contribution is 5.39. The highest BCUT2D eigenvalue weighted by Crippen LogP contribution is 2.27. The molecule has 4 heteroatoms. The molecule has 0 spiro atoms. The Morgan fingerprint density at radius 1 is 1.00 bits per heavy atom. The number of rotatable bonds is 6. The first kappa shape index (κ1) is 16.8. The van der Waals surface area contributed by atoms with E-state index < -0.39 is 0 Å². The van der Waals surface area contributed by atoms with Crippen molar-refractivity contribution >= 4 is 0 Å². The van der Waals surface area contributed by atoms with Gasteiger partial charge in [0.25, 0.3) is 0 Å². The molecule has 1 aliphatic heterocycles. The van der Waals surface area contributed by atoms with Crippen molar-refractivity contribution in [3.05, 3.63) is 60.2 Å². The van der Waals surface area contributed by atoms with Crippen molar-refractivity contribution in [2.45, 2.75) is 19.1 Å². The third-order valence-electron chi connectivity index (χ3n) is 4.24. The highest BCUT2D eigenvalue weighted by Gasteiger charge is 2.26. The third-order valence-corrected chi connectivity index (χ3v) is 4.24. The Hall–Kier alpha value is -2.04. The summed E-state index contributed by atoms with van der Waals surface area (Å²) in [7, 11) is 1.66. The smallest absolute Gasteiger partial charge is 0.161 e. The van der Waals surface area contributed by atoms with E-state index in [1.165, 1.54) is 5.56 Å². The Bertz CT molecular complexity index is 632. The molecule has 0 aromatic heterocycles. The SMILES string of the molecule is COc1ccccc1OCCN1CC(C)OC(c2ccccc2)C1. The molecule has 0 amide bonds. The largest absolute Gasteiger partial charge is 0.493 e. The first-order chi connectivity index (χ1) is 11.8. The van der Waals surface area contributed by atoms with E-state index in [0.29, 0.717) is 6.61 Å². The van der Waals surface area contributed by atoms with Crippen molar-refractivity contribution in [2.75, 3.05) is 33.4 Å². The molecule has 0 aliphatic carbocycles. The summed E-state index contributed by atoms with van der Waals surface area (Å²) >= 11 is 0. The quantitative estimate of drug-likeness (QED) is 0.812. The van der Waals surface area contributed by atoms with Crippen LogP contribution < -0.4 is 9.47 Å². The van der Waals surface area contributed by atoms with E-state index in [0.717, 1.165) is 31.1 Å². The number of benzene rings is 2. The van der Waals surface area contributed by atoms with Crippen molar-refractivity contribution in [1.29, 1.82) is 0 Å². The predicted molar refractivity (Wildman–Crippen MR) is 94.7 cm³/mol. The third kappa shape index (κ3) is 4.28. The summed E-state index contributed by atoms with van der Waals surface area (Å²) in [5, 5.41) is 0. The van der Waals surface area contributed by atoms with Crippen molar-refractivity contribution in [3.8, 4) is 11.5 Å². The van der Waals surface area contributed by atoms with E-state index in [1.807, 2.05) is 30.3 Å². The minimum absolute atomic E-state index is 0.126. The van der Waals surface area contributed by atoms with Crippen LogP contribution in [0.25, 0.3) is 0 Å². The van der Waals surface area contributed by atoms with Gasteiger partial charge in [-0.15, -0.1) is 0 Å². The Morgan fingerprint density at radius 3 is 2.46 bits per heavy atom. The van der Waals surface area contributed by atoms with E-state index in [-0.39, 0.29) is 12.2 Å². The Kier molecular flexibility index (Phi) is 5.72. The molecule has 0 radical (unpaired) electrons. The van der Waals surface area contributed by atoms with Crippen molar-refractivity contribution in [3.63, 3.8) is 0 Å². The minimum atomic E-state index is 0.126. The number of hydrogen-bond acceptors (Lipinski definition) is 4. The summed E-state index contributed by atoms with van der Waals surface area (Å²) in [5.41, 5.74) is 1.24. The molecule has 3 rings (SSSR count). The maximum absolute atomic E-state index is 6.10. The minimum Gasteiger partial charge on any atom is -0.493 e. The predicted octanol–water partition coefficient (Wildman–Crippen LogP) is 3.54. The van der Waals surface area contributed by atoms with Gasteiger partial charge in [0.2, 0.25) is 0 Å². The summed E-state index contributed by atoms with van der Waals surface area (Å²) < 4.78 is 17.3. The van der Waals surface area contributed by atoms with Gasteiger partial charge in [0.1, 0.15) is 6.61 Å². The number of nitrogens with zero attached hydrogens (tertiary/aromatic N) is 1. The van der Waals surface area contributed by atoms with Gasteiger partial charge in [-0.05, 0) is 24.6 Å². The molecule has 1 fully saturated rings. The second-order valence-electron chi connectivity index (χ2n) is 6.10. The van der Waals surface area contributed by atoms with Crippen LogP contribution in [-0.4, -0.2) is 44.4 Å². The lowest BCUT2D eigenvalue weighted by Gasteiger charge is -2.37. The second-order valence-corrected chi connectivity index (χ2v) is 6.10. The van der Waals surface area contributed by atoms with Crippen molar-refractivity contribution < 1.29 is 14.2 Å². The molecule has 2 aromatic rings. The fourth-order valence-electron chi connectivity index (χ4n) is 3.10. The number of hydrogen-bond donors (Lipinski definition) is 0. The lowest BCUT2D eigenvalue weighted by Crippen LogP contribution is -2.44. The lowest BCUT2D eigenvalue weighted by atomic mass is 10.1. The van der Waals surface area contributed by atoms with Crippen molar-refractivity contribution in [2.24, 2.45) is 0 Å². The zero-order valence-corrected chi connectivity index (χ0v) is 14.4. The molecule has 1 heterocycles. The van der Waals surface area contributed by atoms with Gasteiger partial charge in [-0.2, -0.15) is 0 Å². The summed E-state index contributed by atoms with van der Waals surface area (Å²) in [4.78, 5) is 2.40. The molecule has 2 atom stereocenters. The topological polar surface area (TPSA) is 30.9 Å². The second kappa shape index (κ2) is 8.18. The molecular formula is C20H25NO3. The van der Waals surface area contributed by atoms with Crippen LogP contribution in [0.1, 0.15) is 18.6 Å². The zero-order valence-electron chi connectivity index (χ0n) is 14.4. The Balaban J connectivity index is 1.55. The standard InChI is InChI=1S/C20H25NO3/c1-16-14-21(15-20(24-16)17-8-4-3-5-9-17)12-13-23-19-11-7-6-10-18(19)22-2/h3-11,16,20H,12-15H2,1-2H3. The maximum Gasteiger partial charge on any atom is 0.161 e. The molecule has 2 unspecified atom stereocenters. The van der Waals surface area contributed by atoms with Crippen molar-refractivity contribution in [1.82, 2.24) is 4.90 Å². The molecule has 0 saturated carbocycles. The molecule has 2 aromatic carbocycles. The van der Waals surface area contributed by atoms with Crippen LogP contribution in [0.5, 0.6) is 11.5 Å². The number of morpholine rings is 1. The van der Waals surface area contributed by atoms with Gasteiger partial charge < -0.3 is 14.2 Å². The molecular weight excluding hydrogens is 302 g/mol. The van der Waals surface area contributed by atoms with E-state index >= 15 is 0 Å². The van der Waals surface area contributed by atoms with Crippen LogP contribution >= 0.6 is 0 Å². The van der Waals surface area contributed by atoms with Crippen LogP contribution in [0, 0.1) is 0 Å². The van der Waals surface area contributed by atoms with Gasteiger partial charge in [0.05, 0.1) is 19.3 Å². The summed E-state index contributed by atoms with van der Waals surface area (Å²) in [6, 6.07) is 18.2. The van der Waals surface area contributed by atoms with Crippen LogP contribution in [-0.2, 0) is 4.74 Å². The van der Waals surface area contributed by atoms with Gasteiger partial charge in [-0.25, -0.2) is 0 Å². The molecule has 0 N–H and O–H groups in total. The number of methoxy groups -OCH3 is 1. The average molecular weight is 327 g/mol. The average Bonchev–Trinajstić information content (AvgIpc) is 2.62. The fourth-order valence-corrected chi connectivity index (χ4v) is 3.10. The lowest BCUT2D eigenvalue weighted by molar-refractivity contribution is -0.0807. The molecule has 4 nitrogen and oxygen atoms in total. The number of ether oxygens (including phenoxy) is 3. The molecule has 0 bridgehead atoms. The monoisotopic (exact) mass is 327 g/mol. The zero-order chi connectivity index (χ0) is 16.8. The van der Waals surface area contributed by atoms with Gasteiger partial charge in [-0.1, -0.05) is 42.5 Å². The van der Waals surface area contributed by atoms with Gasteiger partial charge >= 0.3 is 0 Å². The first-order valence-electron chi connectivity index (χ1n) is 8.45. The van der Waals surface area contributed by atoms with Crippen LogP contribution in [0.3, 0.4) is 0 Å². The fraction of sp³-hybridized carbons (Fsp3) is 0.400. The Labute approximate surface area is 144 Å². The van der Waals surface area contributed by atoms with Gasteiger partial charge in [0, 0.05) is 19.6 Å². The van der Waals surface area contributed by atoms with Gasteiger partial charge in [-0.3, -0.25) is 4.90 Å². The molecule has 1 aliphatic rings. The first-order valence-corrected chi connectivity index (χ1v) is 8.45. The molecule has 128 valence electrons. The molecule has 24 heavy (non-hydrogen) atoms. The van der Waals surface area contributed by atoms with Crippen LogP contribution in [0.4, 0.5) is 0 Å². The Morgan fingerprint density at radius 2 is 1.71 bits per heavy atom. The van der Waals surface area contributed by atoms with E-state index in [9.17, 15) is 0 Å². The summed E-state index contributed by atoms with van der Waals surface area (Å²) in [5.74, 6) is 1.57. The summed E-state index contributed by atoms with van der Waals surface area (Å²) in [6.45, 7) is 5.45. The van der Waals surface area contributed by atoms with E-state index in [2.05, 4.69) is 36.1 Å². The van der Waals surface area contributed by atoms with E-state index in [1.54, 1.807) is 7.11 Å².